The molecule has 0 aromatic heterocycles. The van der Waals surface area contributed by atoms with E-state index < -0.39 is 0 Å². The van der Waals surface area contributed by atoms with Crippen molar-refractivity contribution >= 4 is 5.97 Å². The van der Waals surface area contributed by atoms with Gasteiger partial charge in [0.2, 0.25) is 0 Å². The summed E-state index contributed by atoms with van der Waals surface area (Å²) in [6.45, 7) is 17.0. The van der Waals surface area contributed by atoms with E-state index in [2.05, 4.69) is 37.3 Å². The number of carbonyl (C=O) groups is 1. The first-order chi connectivity index (χ1) is 14.9. The van der Waals surface area contributed by atoms with Gasteiger partial charge in [0.1, 0.15) is 0 Å². The molecule has 0 aromatic carbocycles. The highest BCUT2D eigenvalue weighted by molar-refractivity contribution is 5.69. The summed E-state index contributed by atoms with van der Waals surface area (Å²) in [4.78, 5) is 11.1. The third kappa shape index (κ3) is 9.93. The topological polar surface area (TPSA) is 46.5 Å². The lowest BCUT2D eigenvalue weighted by Gasteiger charge is -2.42. The molecule has 2 aliphatic rings. The van der Waals surface area contributed by atoms with Crippen molar-refractivity contribution in [3.05, 3.63) is 24.3 Å². The van der Waals surface area contributed by atoms with Gasteiger partial charge in [-0.3, -0.25) is 4.79 Å². The Labute approximate surface area is 193 Å². The zero-order valence-electron chi connectivity index (χ0n) is 21.7. The summed E-state index contributed by atoms with van der Waals surface area (Å²) in [7, 11) is 1.44. The van der Waals surface area contributed by atoms with Crippen molar-refractivity contribution in [2.75, 3.05) is 7.11 Å². The summed E-state index contributed by atoms with van der Waals surface area (Å²) >= 11 is 0. The van der Waals surface area contributed by atoms with E-state index in [1.165, 1.54) is 38.4 Å². The highest BCUT2D eigenvalue weighted by atomic mass is 16.5. The second-order valence-corrected chi connectivity index (χ2v) is 9.24. The van der Waals surface area contributed by atoms with E-state index in [9.17, 15) is 9.90 Å². The average molecular weight is 437 g/mol. The Balaban J connectivity index is 0.00000212. The summed E-state index contributed by atoms with van der Waals surface area (Å²) in [6, 6.07) is 0. The molecule has 0 heterocycles. The van der Waals surface area contributed by atoms with Crippen molar-refractivity contribution < 1.29 is 14.6 Å². The molecule has 182 valence electrons. The van der Waals surface area contributed by atoms with E-state index in [0.29, 0.717) is 24.2 Å². The summed E-state index contributed by atoms with van der Waals surface area (Å²) < 4.78 is 4.67. The first-order valence-electron chi connectivity index (χ1n) is 12.9. The second kappa shape index (κ2) is 16.5. The van der Waals surface area contributed by atoms with Crippen LogP contribution in [0.4, 0.5) is 0 Å². The van der Waals surface area contributed by atoms with Gasteiger partial charge in [0.15, 0.2) is 0 Å². The molecular weight excluding hydrogens is 384 g/mol. The fourth-order valence-electron chi connectivity index (χ4n) is 5.03. The number of unbranched alkanes of at least 4 members (excludes halogenated alkanes) is 1. The number of ether oxygens (including phenoxy) is 1. The van der Waals surface area contributed by atoms with Gasteiger partial charge in [-0.1, -0.05) is 78.7 Å². The molecule has 3 heteroatoms. The number of aliphatic hydroxyl groups is 1. The van der Waals surface area contributed by atoms with Crippen LogP contribution in [0.1, 0.15) is 112 Å². The molecule has 0 saturated heterocycles. The maximum atomic E-state index is 11.1. The summed E-state index contributed by atoms with van der Waals surface area (Å²) in [6.07, 6.45) is 15.8. The molecule has 0 bridgehead atoms. The van der Waals surface area contributed by atoms with Crippen LogP contribution in [0.2, 0.25) is 0 Å². The van der Waals surface area contributed by atoms with Crippen molar-refractivity contribution in [2.24, 2.45) is 23.2 Å². The zero-order chi connectivity index (χ0) is 23.9. The number of methoxy groups -OCH3 is 1. The minimum Gasteiger partial charge on any atom is -0.469 e. The average Bonchev–Trinajstić information content (AvgIpc) is 3.03. The van der Waals surface area contributed by atoms with E-state index in [1.807, 2.05) is 27.7 Å². The maximum Gasteiger partial charge on any atom is 0.305 e. The van der Waals surface area contributed by atoms with Gasteiger partial charge in [-0.15, -0.1) is 0 Å². The van der Waals surface area contributed by atoms with Gasteiger partial charge in [0.05, 0.1) is 13.2 Å². The van der Waals surface area contributed by atoms with E-state index in [0.717, 1.165) is 38.5 Å². The van der Waals surface area contributed by atoms with Gasteiger partial charge in [-0.25, -0.2) is 0 Å². The number of aliphatic hydroxyl groups excluding tert-OH is 1. The van der Waals surface area contributed by atoms with Crippen molar-refractivity contribution in [1.82, 2.24) is 0 Å². The van der Waals surface area contributed by atoms with Gasteiger partial charge >= 0.3 is 5.97 Å². The molecule has 2 fully saturated rings. The van der Waals surface area contributed by atoms with Crippen LogP contribution in [0.5, 0.6) is 0 Å². The Kier molecular flexibility index (Phi) is 15.9. The van der Waals surface area contributed by atoms with Crippen molar-refractivity contribution in [3.63, 3.8) is 0 Å². The van der Waals surface area contributed by atoms with Crippen LogP contribution >= 0.6 is 0 Å². The van der Waals surface area contributed by atoms with Crippen LogP contribution < -0.4 is 0 Å². The Bertz CT molecular complexity index is 518. The van der Waals surface area contributed by atoms with E-state index >= 15 is 0 Å². The molecule has 0 amide bonds. The third-order valence-corrected chi connectivity index (χ3v) is 7.21. The number of rotatable bonds is 11. The van der Waals surface area contributed by atoms with Gasteiger partial charge in [-0.2, -0.15) is 0 Å². The predicted molar refractivity (Wildman–Crippen MR) is 134 cm³/mol. The number of esters is 1. The fourth-order valence-corrected chi connectivity index (χ4v) is 5.03. The lowest BCUT2D eigenvalue weighted by molar-refractivity contribution is -0.140. The number of hydrogen-bond acceptors (Lipinski definition) is 3. The van der Waals surface area contributed by atoms with Gasteiger partial charge in [0, 0.05) is 6.42 Å². The molecule has 0 radical (unpaired) electrons. The predicted octanol–water partition coefficient (Wildman–Crippen LogP) is 7.88. The van der Waals surface area contributed by atoms with Crippen molar-refractivity contribution in [3.8, 4) is 0 Å². The molecule has 1 N–H and O–H groups in total. The highest BCUT2D eigenvalue weighted by Crippen LogP contribution is 2.47. The summed E-state index contributed by atoms with van der Waals surface area (Å²) in [5.41, 5.74) is 1.59. The molecule has 1 unspecified atom stereocenters. The first kappa shape index (κ1) is 29.9. The maximum absolute atomic E-state index is 11.1. The summed E-state index contributed by atoms with van der Waals surface area (Å²) in [5, 5.41) is 10.5. The molecule has 3 nitrogen and oxygen atoms in total. The zero-order valence-corrected chi connectivity index (χ0v) is 21.7. The van der Waals surface area contributed by atoms with E-state index in [1.54, 1.807) is 0 Å². The number of carbonyl (C=O) groups excluding carboxylic acids is 1. The van der Waals surface area contributed by atoms with Crippen molar-refractivity contribution in [1.29, 1.82) is 0 Å². The standard InChI is InChI=1S/C24H40O3.2C2H6/c1-18-17-19(2)21(12-9-13-22(25)24(3)15-10-16-24)20(18)11-7-5-6-8-14-23(26)27-4;2*1-2/h5,7,19-22,25H,1,6,8-17H2,2-4H3;2*1-2H3/b7-5-;;/t19-,20+,21+,22?;;/m1../s1. The summed E-state index contributed by atoms with van der Waals surface area (Å²) in [5.74, 6) is 1.85. The van der Waals surface area contributed by atoms with Crippen LogP contribution in [0.15, 0.2) is 24.3 Å². The Morgan fingerprint density at radius 3 is 2.42 bits per heavy atom. The Hall–Kier alpha value is -1.09. The lowest BCUT2D eigenvalue weighted by Crippen LogP contribution is -2.38. The molecule has 31 heavy (non-hydrogen) atoms. The smallest absolute Gasteiger partial charge is 0.305 e. The first-order valence-corrected chi connectivity index (χ1v) is 12.9. The number of allylic oxidation sites excluding steroid dienone is 3. The molecule has 2 rings (SSSR count). The SMILES string of the molecule is C=C1C[C@@H](C)[C@H](CCCC(O)C2(C)CCC2)[C@H]1C/C=C\CCCC(=O)OC.CC.CC. The molecule has 0 spiro atoms. The normalized spacial score (nSPS) is 25.0. The van der Waals surface area contributed by atoms with Crippen LogP contribution in [0.25, 0.3) is 0 Å². The minimum atomic E-state index is -0.126. The second-order valence-electron chi connectivity index (χ2n) is 9.24. The molecule has 0 aliphatic heterocycles. The van der Waals surface area contributed by atoms with Crippen LogP contribution in [0, 0.1) is 23.2 Å². The largest absolute Gasteiger partial charge is 0.469 e. The quantitative estimate of drug-likeness (QED) is 0.203. The number of hydrogen-bond donors (Lipinski definition) is 1. The molecular formula is C28H52O3. The van der Waals surface area contributed by atoms with Crippen molar-refractivity contribution in [2.45, 2.75) is 118 Å². The minimum absolute atomic E-state index is 0.126. The molecule has 0 aromatic rings. The molecule has 2 saturated carbocycles. The van der Waals surface area contributed by atoms with Crippen LogP contribution in [-0.4, -0.2) is 24.3 Å². The lowest BCUT2D eigenvalue weighted by atomic mass is 9.65. The Morgan fingerprint density at radius 2 is 1.87 bits per heavy atom. The van der Waals surface area contributed by atoms with E-state index in [-0.39, 0.29) is 17.5 Å². The van der Waals surface area contributed by atoms with Gasteiger partial charge in [0.25, 0.3) is 0 Å². The van der Waals surface area contributed by atoms with Gasteiger partial charge < -0.3 is 9.84 Å². The molecule has 2 aliphatic carbocycles. The van der Waals surface area contributed by atoms with Crippen LogP contribution in [-0.2, 0) is 9.53 Å². The monoisotopic (exact) mass is 436 g/mol. The highest BCUT2D eigenvalue weighted by Gasteiger charge is 2.39. The van der Waals surface area contributed by atoms with Crippen LogP contribution in [0.3, 0.4) is 0 Å². The Morgan fingerprint density at radius 1 is 1.23 bits per heavy atom. The molecule has 4 atom stereocenters. The van der Waals surface area contributed by atoms with E-state index in [4.69, 9.17) is 0 Å². The fraction of sp³-hybridized carbons (Fsp3) is 0.821. The van der Waals surface area contributed by atoms with Gasteiger partial charge in [-0.05, 0) is 74.5 Å². The third-order valence-electron chi connectivity index (χ3n) is 7.21.